The maximum absolute atomic E-state index is 13.7. The monoisotopic (exact) mass is 656 g/mol. The Balaban J connectivity index is 0.000000238. The Morgan fingerprint density at radius 3 is 2.40 bits per heavy atom. The molecule has 47 heavy (non-hydrogen) atoms. The van der Waals surface area contributed by atoms with E-state index in [1.807, 2.05) is 36.4 Å². The first-order chi connectivity index (χ1) is 22.6. The number of rotatable bonds is 12. The summed E-state index contributed by atoms with van der Waals surface area (Å²) in [6.07, 6.45) is 2.31. The van der Waals surface area contributed by atoms with Gasteiger partial charge in [0.25, 0.3) is 0 Å². The molecule has 0 aliphatic carbocycles. The topological polar surface area (TPSA) is 185 Å². The highest BCUT2D eigenvalue weighted by Crippen LogP contribution is 2.42. The molecule has 1 aliphatic rings. The predicted molar refractivity (Wildman–Crippen MR) is 167 cm³/mol. The van der Waals surface area contributed by atoms with Crippen molar-refractivity contribution < 1.29 is 42.7 Å². The second-order valence-corrected chi connectivity index (χ2v) is 9.94. The van der Waals surface area contributed by atoms with Crippen molar-refractivity contribution in [2.24, 2.45) is 0 Å². The van der Waals surface area contributed by atoms with Crippen molar-refractivity contribution in [3.63, 3.8) is 0 Å². The summed E-state index contributed by atoms with van der Waals surface area (Å²) >= 11 is 0. The molecule has 2 aromatic carbocycles. The maximum Gasteiger partial charge on any atom is 0.351 e. The summed E-state index contributed by atoms with van der Waals surface area (Å²) < 4.78 is 54.5. The fourth-order valence-electron chi connectivity index (χ4n) is 4.41. The molecule has 4 aromatic rings. The number of methoxy groups -OCH3 is 2. The minimum atomic E-state index is -3.71. The van der Waals surface area contributed by atoms with Gasteiger partial charge in [-0.05, 0) is 30.3 Å². The molecule has 0 bridgehead atoms. The summed E-state index contributed by atoms with van der Waals surface area (Å²) in [5.74, 6) is 0.616. The molecule has 0 amide bonds. The number of halogens is 2. The standard InChI is InChI=1S/C22H23N3O4.C9H11F2N3O4/c1-4-16-6-5-7-17(12-16)25-22-18-13-20(28-10-8-26-2)21(29-11-9-27-3)14-19(18)23-15-24-22;10-9(11)6(16)4(3-15)18-7(9)14-2-1-5(12)13-8(14)17/h1,5-7,12-15H,8-11H2,2-3H3,(H,23,24,25);1-2,4,6-7,15-16H,3H2,(H2,12,13,17)/t;4-,6-,7-/m.1/s1. The average molecular weight is 657 g/mol. The summed E-state index contributed by atoms with van der Waals surface area (Å²) in [5, 5.41) is 22.2. The number of nitrogens with zero attached hydrogens (tertiary/aromatic N) is 4. The van der Waals surface area contributed by atoms with Gasteiger partial charge in [-0.2, -0.15) is 13.8 Å². The van der Waals surface area contributed by atoms with Crippen molar-refractivity contribution in [3.05, 3.63) is 71.0 Å². The zero-order valence-corrected chi connectivity index (χ0v) is 25.5. The molecular formula is C31H34F2N6O8. The van der Waals surface area contributed by atoms with Gasteiger partial charge in [0.15, 0.2) is 17.6 Å². The van der Waals surface area contributed by atoms with Crippen LogP contribution in [0.3, 0.4) is 0 Å². The number of nitrogens with two attached hydrogens (primary N) is 1. The van der Waals surface area contributed by atoms with E-state index in [1.165, 1.54) is 6.33 Å². The third kappa shape index (κ3) is 8.47. The van der Waals surface area contributed by atoms with Crippen LogP contribution in [0, 0.1) is 12.3 Å². The molecule has 3 atom stereocenters. The van der Waals surface area contributed by atoms with Gasteiger partial charge in [0.05, 0.1) is 25.3 Å². The third-order valence-electron chi connectivity index (χ3n) is 6.75. The van der Waals surface area contributed by atoms with E-state index in [4.69, 9.17) is 40.9 Å². The van der Waals surface area contributed by atoms with Gasteiger partial charge in [-0.1, -0.05) is 12.0 Å². The van der Waals surface area contributed by atoms with Crippen molar-refractivity contribution in [1.29, 1.82) is 0 Å². The summed E-state index contributed by atoms with van der Waals surface area (Å²) in [5.41, 5.74) is 6.55. The van der Waals surface area contributed by atoms with Gasteiger partial charge in [-0.3, -0.25) is 4.57 Å². The number of aliphatic hydroxyl groups excluding tert-OH is 2. The van der Waals surface area contributed by atoms with Crippen molar-refractivity contribution in [1.82, 2.24) is 19.5 Å². The molecule has 3 heterocycles. The maximum atomic E-state index is 13.7. The summed E-state index contributed by atoms with van der Waals surface area (Å²) in [6, 6.07) is 12.4. The van der Waals surface area contributed by atoms with Crippen LogP contribution >= 0.6 is 0 Å². The molecule has 1 fully saturated rings. The number of benzene rings is 2. The fraction of sp³-hybridized carbons (Fsp3) is 0.355. The molecule has 0 saturated carbocycles. The fourth-order valence-corrected chi connectivity index (χ4v) is 4.41. The second kappa shape index (κ2) is 16.1. The van der Waals surface area contributed by atoms with Crippen molar-refractivity contribution >= 4 is 28.2 Å². The number of ether oxygens (including phenoxy) is 5. The molecule has 0 unspecified atom stereocenters. The zero-order valence-electron chi connectivity index (χ0n) is 25.5. The highest BCUT2D eigenvalue weighted by molar-refractivity contribution is 5.93. The Morgan fingerprint density at radius 1 is 1.09 bits per heavy atom. The second-order valence-electron chi connectivity index (χ2n) is 9.94. The van der Waals surface area contributed by atoms with Crippen LogP contribution in [0.2, 0.25) is 0 Å². The summed E-state index contributed by atoms with van der Waals surface area (Å²) in [6.45, 7) is 0.938. The number of anilines is 3. The molecule has 5 N–H and O–H groups in total. The molecule has 1 aliphatic heterocycles. The minimum Gasteiger partial charge on any atom is -0.487 e. The molecule has 0 spiro atoms. The van der Waals surface area contributed by atoms with E-state index in [0.29, 0.717) is 48.3 Å². The first-order valence-corrected chi connectivity index (χ1v) is 14.2. The van der Waals surface area contributed by atoms with E-state index in [-0.39, 0.29) is 5.82 Å². The lowest BCUT2D eigenvalue weighted by atomic mass is 10.1. The van der Waals surface area contributed by atoms with Crippen LogP contribution in [0.25, 0.3) is 10.9 Å². The van der Waals surface area contributed by atoms with Gasteiger partial charge in [0.2, 0.25) is 6.23 Å². The number of terminal acetylenes is 1. The van der Waals surface area contributed by atoms with Gasteiger partial charge in [-0.15, -0.1) is 6.42 Å². The Bertz CT molecular complexity index is 1750. The number of nitrogens with one attached hydrogen (secondary N) is 1. The van der Waals surface area contributed by atoms with Gasteiger partial charge < -0.3 is 44.9 Å². The van der Waals surface area contributed by atoms with Crippen LogP contribution in [0.15, 0.2) is 59.8 Å². The van der Waals surface area contributed by atoms with Gasteiger partial charge in [0, 0.05) is 43.1 Å². The van der Waals surface area contributed by atoms with Crippen LogP contribution in [0.5, 0.6) is 11.5 Å². The van der Waals surface area contributed by atoms with E-state index < -0.39 is 36.7 Å². The van der Waals surface area contributed by atoms with Crippen LogP contribution in [0.1, 0.15) is 11.8 Å². The molecule has 250 valence electrons. The lowest BCUT2D eigenvalue weighted by molar-refractivity contribution is -0.140. The number of hydrogen-bond donors (Lipinski definition) is 4. The molecule has 5 rings (SSSR count). The van der Waals surface area contributed by atoms with E-state index in [1.54, 1.807) is 14.2 Å². The lowest BCUT2D eigenvalue weighted by Crippen LogP contribution is -2.41. The average Bonchev–Trinajstić information content (AvgIpc) is 3.29. The lowest BCUT2D eigenvalue weighted by Gasteiger charge is -2.20. The van der Waals surface area contributed by atoms with E-state index in [9.17, 15) is 18.7 Å². The highest BCUT2D eigenvalue weighted by atomic mass is 19.3. The first kappa shape index (κ1) is 34.9. The number of nitrogen functional groups attached to an aromatic ring is 1. The highest BCUT2D eigenvalue weighted by Gasteiger charge is 2.59. The van der Waals surface area contributed by atoms with Crippen LogP contribution in [-0.4, -0.2) is 95.1 Å². The normalized spacial score (nSPS) is 18.2. The Hall–Kier alpha value is -4.92. The van der Waals surface area contributed by atoms with Crippen molar-refractivity contribution in [2.45, 2.75) is 24.4 Å². The molecule has 2 aromatic heterocycles. The number of aliphatic hydroxyl groups is 2. The molecule has 14 nitrogen and oxygen atoms in total. The van der Waals surface area contributed by atoms with E-state index in [2.05, 4.69) is 26.2 Å². The SMILES string of the molecule is C#Cc1cccc(Nc2ncnc3cc(OCCOC)c(OCCOC)cc23)c1.Nc1ccn([C@@H]2O[C@H](CO)[C@@H](O)C2(F)F)c(=O)n1. The molecule has 16 heteroatoms. The minimum absolute atomic E-state index is 0.114. The summed E-state index contributed by atoms with van der Waals surface area (Å²) in [7, 11) is 3.25. The number of hydrogen-bond acceptors (Lipinski definition) is 13. The quantitative estimate of drug-likeness (QED) is 0.129. The smallest absolute Gasteiger partial charge is 0.351 e. The van der Waals surface area contributed by atoms with Gasteiger partial charge >= 0.3 is 11.6 Å². The Kier molecular flexibility index (Phi) is 11.9. The number of aromatic nitrogens is 4. The molecule has 0 radical (unpaired) electrons. The number of fused-ring (bicyclic) bond motifs is 1. The van der Waals surface area contributed by atoms with Crippen molar-refractivity contribution in [3.8, 4) is 23.8 Å². The summed E-state index contributed by atoms with van der Waals surface area (Å²) in [4.78, 5) is 23.5. The Labute approximate surface area is 268 Å². The van der Waals surface area contributed by atoms with Crippen LogP contribution in [-0.2, 0) is 14.2 Å². The van der Waals surface area contributed by atoms with Gasteiger partial charge in [0.1, 0.15) is 37.3 Å². The van der Waals surface area contributed by atoms with Crippen LogP contribution < -0.4 is 26.2 Å². The van der Waals surface area contributed by atoms with Gasteiger partial charge in [-0.25, -0.2) is 14.8 Å². The van der Waals surface area contributed by atoms with E-state index in [0.717, 1.165) is 34.4 Å². The van der Waals surface area contributed by atoms with Crippen molar-refractivity contribution in [2.75, 3.05) is 58.3 Å². The largest absolute Gasteiger partial charge is 0.487 e. The Morgan fingerprint density at radius 2 is 1.79 bits per heavy atom. The first-order valence-electron chi connectivity index (χ1n) is 14.2. The number of alkyl halides is 2. The predicted octanol–water partition coefficient (Wildman–Crippen LogP) is 2.12. The van der Waals surface area contributed by atoms with Crippen LogP contribution in [0.4, 0.5) is 26.1 Å². The third-order valence-corrected chi connectivity index (χ3v) is 6.75. The molecular weight excluding hydrogens is 622 g/mol. The zero-order chi connectivity index (χ0) is 34.0. The molecule has 1 saturated heterocycles. The van der Waals surface area contributed by atoms with E-state index >= 15 is 0 Å².